The predicted octanol–water partition coefficient (Wildman–Crippen LogP) is 0.292. The molecule has 1 aromatic rings. The molecule has 5 nitrogen and oxygen atoms in total. The molecule has 0 aromatic carbocycles. The normalized spacial score (nSPS) is 21.4. The molecule has 2 heterocycles. The smallest absolute Gasteiger partial charge is 0.254 e. The minimum atomic E-state index is -0.0261. The standard InChI is InChI=1S/C11H18N4O/c1-15-8-9(6-13-15)11(16)14-10-4-2-3-5-12-7-10/h6,8,10,12H,2-5,7H2,1H3,(H,14,16). The van der Waals surface area contributed by atoms with E-state index < -0.39 is 0 Å². The molecule has 1 fully saturated rings. The van der Waals surface area contributed by atoms with Gasteiger partial charge in [-0.1, -0.05) is 6.42 Å². The highest BCUT2D eigenvalue weighted by Crippen LogP contribution is 2.05. The highest BCUT2D eigenvalue weighted by atomic mass is 16.1. The Morgan fingerprint density at radius 2 is 2.50 bits per heavy atom. The molecule has 0 aliphatic carbocycles. The topological polar surface area (TPSA) is 59.0 Å². The molecule has 1 amide bonds. The van der Waals surface area contributed by atoms with Crippen molar-refractivity contribution in [2.24, 2.45) is 7.05 Å². The lowest BCUT2D eigenvalue weighted by atomic mass is 10.1. The average Bonchev–Trinajstić information content (AvgIpc) is 2.54. The van der Waals surface area contributed by atoms with E-state index in [1.807, 2.05) is 7.05 Å². The zero-order valence-corrected chi connectivity index (χ0v) is 9.57. The van der Waals surface area contributed by atoms with Crippen LogP contribution < -0.4 is 10.6 Å². The second kappa shape index (κ2) is 5.12. The zero-order chi connectivity index (χ0) is 11.4. The monoisotopic (exact) mass is 222 g/mol. The summed E-state index contributed by atoms with van der Waals surface area (Å²) in [6, 6.07) is 0.246. The summed E-state index contributed by atoms with van der Waals surface area (Å²) in [5, 5.41) is 10.3. The maximum absolute atomic E-state index is 11.8. The Labute approximate surface area is 95.2 Å². The van der Waals surface area contributed by atoms with Crippen LogP contribution in [-0.2, 0) is 7.05 Å². The lowest BCUT2D eigenvalue weighted by Crippen LogP contribution is -2.40. The summed E-state index contributed by atoms with van der Waals surface area (Å²) in [6.45, 7) is 1.92. The number of carbonyl (C=O) groups is 1. The van der Waals surface area contributed by atoms with Gasteiger partial charge in [0.25, 0.3) is 5.91 Å². The van der Waals surface area contributed by atoms with Crippen LogP contribution in [0.25, 0.3) is 0 Å². The van der Waals surface area contributed by atoms with Gasteiger partial charge >= 0.3 is 0 Å². The third-order valence-corrected chi connectivity index (χ3v) is 2.85. The van der Waals surface area contributed by atoms with Crippen molar-refractivity contribution >= 4 is 5.91 Å². The first-order valence-electron chi connectivity index (χ1n) is 5.76. The summed E-state index contributed by atoms with van der Waals surface area (Å²) in [4.78, 5) is 11.8. The molecule has 1 aromatic heterocycles. The molecule has 1 aliphatic rings. The summed E-state index contributed by atoms with van der Waals surface area (Å²) >= 11 is 0. The van der Waals surface area contributed by atoms with Crippen molar-refractivity contribution in [2.45, 2.75) is 25.3 Å². The molecule has 0 radical (unpaired) electrons. The number of nitrogens with zero attached hydrogens (tertiary/aromatic N) is 2. The van der Waals surface area contributed by atoms with Crippen molar-refractivity contribution in [3.8, 4) is 0 Å². The molecule has 88 valence electrons. The fourth-order valence-electron chi connectivity index (χ4n) is 1.95. The van der Waals surface area contributed by atoms with Crippen molar-refractivity contribution < 1.29 is 4.79 Å². The fourth-order valence-corrected chi connectivity index (χ4v) is 1.95. The number of aromatic nitrogens is 2. The van der Waals surface area contributed by atoms with Crippen LogP contribution in [0.3, 0.4) is 0 Å². The van der Waals surface area contributed by atoms with E-state index in [-0.39, 0.29) is 11.9 Å². The Balaban J connectivity index is 1.90. The van der Waals surface area contributed by atoms with E-state index in [1.165, 1.54) is 12.8 Å². The summed E-state index contributed by atoms with van der Waals surface area (Å²) in [6.07, 6.45) is 6.75. The zero-order valence-electron chi connectivity index (χ0n) is 9.57. The average molecular weight is 222 g/mol. The Kier molecular flexibility index (Phi) is 3.56. The van der Waals surface area contributed by atoms with E-state index in [1.54, 1.807) is 17.1 Å². The van der Waals surface area contributed by atoms with E-state index in [2.05, 4.69) is 15.7 Å². The lowest BCUT2D eigenvalue weighted by Gasteiger charge is -2.15. The van der Waals surface area contributed by atoms with E-state index >= 15 is 0 Å². The van der Waals surface area contributed by atoms with Crippen molar-refractivity contribution in [1.82, 2.24) is 20.4 Å². The van der Waals surface area contributed by atoms with Crippen LogP contribution in [-0.4, -0.2) is 34.8 Å². The van der Waals surface area contributed by atoms with Gasteiger partial charge < -0.3 is 10.6 Å². The van der Waals surface area contributed by atoms with Gasteiger partial charge in [-0.3, -0.25) is 9.48 Å². The number of carbonyl (C=O) groups excluding carboxylic acids is 1. The van der Waals surface area contributed by atoms with Crippen molar-refractivity contribution in [1.29, 1.82) is 0 Å². The molecular weight excluding hydrogens is 204 g/mol. The number of rotatable bonds is 2. The van der Waals surface area contributed by atoms with Gasteiger partial charge in [0.2, 0.25) is 0 Å². The third-order valence-electron chi connectivity index (χ3n) is 2.85. The number of amides is 1. The SMILES string of the molecule is Cn1cc(C(=O)NC2CCCCNC2)cn1. The number of nitrogens with one attached hydrogen (secondary N) is 2. The van der Waals surface area contributed by atoms with E-state index in [9.17, 15) is 4.79 Å². The van der Waals surface area contributed by atoms with Gasteiger partial charge in [0.05, 0.1) is 11.8 Å². The summed E-state index contributed by atoms with van der Waals surface area (Å²) in [5.74, 6) is -0.0261. The Bertz CT molecular complexity index is 353. The predicted molar refractivity (Wildman–Crippen MR) is 61.2 cm³/mol. The number of hydrogen-bond donors (Lipinski definition) is 2. The van der Waals surface area contributed by atoms with Gasteiger partial charge in [-0.05, 0) is 19.4 Å². The van der Waals surface area contributed by atoms with Crippen molar-refractivity contribution in [2.75, 3.05) is 13.1 Å². The molecule has 0 bridgehead atoms. The molecule has 1 atom stereocenters. The van der Waals surface area contributed by atoms with Crippen LogP contribution in [0, 0.1) is 0 Å². The molecule has 16 heavy (non-hydrogen) atoms. The molecule has 2 N–H and O–H groups in total. The number of hydrogen-bond acceptors (Lipinski definition) is 3. The Hall–Kier alpha value is -1.36. The highest BCUT2D eigenvalue weighted by Gasteiger charge is 2.16. The van der Waals surface area contributed by atoms with Gasteiger partial charge in [-0.25, -0.2) is 0 Å². The molecule has 1 unspecified atom stereocenters. The van der Waals surface area contributed by atoms with E-state index in [0.717, 1.165) is 19.5 Å². The Morgan fingerprint density at radius 1 is 1.62 bits per heavy atom. The quantitative estimate of drug-likeness (QED) is 0.756. The number of aryl methyl sites for hydroxylation is 1. The first kappa shape index (κ1) is 11.1. The van der Waals surface area contributed by atoms with Gasteiger partial charge in [0, 0.05) is 25.8 Å². The van der Waals surface area contributed by atoms with Crippen LogP contribution in [0.4, 0.5) is 0 Å². The van der Waals surface area contributed by atoms with Crippen molar-refractivity contribution in [3.63, 3.8) is 0 Å². The molecule has 5 heteroatoms. The summed E-state index contributed by atoms with van der Waals surface area (Å²) in [7, 11) is 1.81. The second-order valence-corrected chi connectivity index (χ2v) is 4.27. The van der Waals surface area contributed by atoms with Gasteiger partial charge in [0.15, 0.2) is 0 Å². The van der Waals surface area contributed by atoms with Crippen LogP contribution in [0.2, 0.25) is 0 Å². The van der Waals surface area contributed by atoms with Crippen molar-refractivity contribution in [3.05, 3.63) is 18.0 Å². The highest BCUT2D eigenvalue weighted by molar-refractivity contribution is 5.93. The summed E-state index contributed by atoms with van der Waals surface area (Å²) in [5.41, 5.74) is 0.631. The molecule has 0 saturated carbocycles. The molecule has 1 saturated heterocycles. The summed E-state index contributed by atoms with van der Waals surface area (Å²) < 4.78 is 1.64. The van der Waals surface area contributed by atoms with E-state index in [4.69, 9.17) is 0 Å². The van der Waals surface area contributed by atoms with Crippen LogP contribution in [0.15, 0.2) is 12.4 Å². The lowest BCUT2D eigenvalue weighted by molar-refractivity contribution is 0.0935. The van der Waals surface area contributed by atoms with Crippen LogP contribution in [0.5, 0.6) is 0 Å². The van der Waals surface area contributed by atoms with E-state index in [0.29, 0.717) is 5.56 Å². The minimum absolute atomic E-state index is 0.0261. The molecule has 0 spiro atoms. The van der Waals surface area contributed by atoms with Gasteiger partial charge in [0.1, 0.15) is 0 Å². The van der Waals surface area contributed by atoms with Crippen LogP contribution >= 0.6 is 0 Å². The molecular formula is C11H18N4O. The first-order valence-corrected chi connectivity index (χ1v) is 5.76. The Morgan fingerprint density at radius 3 is 3.25 bits per heavy atom. The largest absolute Gasteiger partial charge is 0.348 e. The third kappa shape index (κ3) is 2.82. The maximum Gasteiger partial charge on any atom is 0.254 e. The second-order valence-electron chi connectivity index (χ2n) is 4.27. The fraction of sp³-hybridized carbons (Fsp3) is 0.636. The minimum Gasteiger partial charge on any atom is -0.348 e. The maximum atomic E-state index is 11.8. The first-order chi connectivity index (χ1) is 7.75. The van der Waals surface area contributed by atoms with Gasteiger partial charge in [-0.15, -0.1) is 0 Å². The molecule has 2 rings (SSSR count). The van der Waals surface area contributed by atoms with Gasteiger partial charge in [-0.2, -0.15) is 5.10 Å². The van der Waals surface area contributed by atoms with Crippen LogP contribution in [0.1, 0.15) is 29.6 Å². The molecule has 1 aliphatic heterocycles.